The van der Waals surface area contributed by atoms with E-state index in [0.29, 0.717) is 10.7 Å². The Balaban J connectivity index is 1.88. The zero-order valence-corrected chi connectivity index (χ0v) is 16.3. The van der Waals surface area contributed by atoms with Crippen LogP contribution in [0.1, 0.15) is 16.1 Å². The number of carbonyl (C=O) groups excluding carboxylic acids is 2. The SMILES string of the molecule is O=C(Nc1cccc(Cl)c1)C(=Cc1cccc(Br)c1)NC(=O)c1ccco1. The molecule has 0 radical (unpaired) electrons. The van der Waals surface area contributed by atoms with Gasteiger partial charge in [0, 0.05) is 15.2 Å². The molecule has 0 aliphatic rings. The Labute approximate surface area is 169 Å². The van der Waals surface area contributed by atoms with Crippen molar-refractivity contribution in [2.75, 3.05) is 5.32 Å². The summed E-state index contributed by atoms with van der Waals surface area (Å²) in [7, 11) is 0. The zero-order valence-electron chi connectivity index (χ0n) is 13.9. The van der Waals surface area contributed by atoms with E-state index in [4.69, 9.17) is 16.0 Å². The second-order valence-corrected chi connectivity index (χ2v) is 6.86. The van der Waals surface area contributed by atoms with Crippen LogP contribution in [0.25, 0.3) is 6.08 Å². The van der Waals surface area contributed by atoms with Crippen LogP contribution in [0.3, 0.4) is 0 Å². The first kappa shape index (κ1) is 18.9. The summed E-state index contributed by atoms with van der Waals surface area (Å²) in [4.78, 5) is 25.1. The normalized spacial score (nSPS) is 11.1. The fourth-order valence-electron chi connectivity index (χ4n) is 2.28. The van der Waals surface area contributed by atoms with Gasteiger partial charge in [0.25, 0.3) is 11.8 Å². The van der Waals surface area contributed by atoms with Crippen LogP contribution >= 0.6 is 27.5 Å². The lowest BCUT2D eigenvalue weighted by atomic mass is 10.2. The summed E-state index contributed by atoms with van der Waals surface area (Å²) in [6.07, 6.45) is 2.96. The number of hydrogen-bond acceptors (Lipinski definition) is 3. The minimum atomic E-state index is -0.525. The third-order valence-corrected chi connectivity index (χ3v) is 4.21. The molecule has 2 N–H and O–H groups in total. The highest BCUT2D eigenvalue weighted by molar-refractivity contribution is 9.10. The molecular formula is C20H14BrClN2O3. The summed E-state index contributed by atoms with van der Waals surface area (Å²) in [5.41, 5.74) is 1.31. The average molecular weight is 446 g/mol. The Kier molecular flexibility index (Phi) is 6.11. The fraction of sp³-hybridized carbons (Fsp3) is 0. The van der Waals surface area contributed by atoms with E-state index in [2.05, 4.69) is 26.6 Å². The Morgan fingerprint density at radius 2 is 1.85 bits per heavy atom. The molecule has 0 aliphatic heterocycles. The fourth-order valence-corrected chi connectivity index (χ4v) is 2.89. The van der Waals surface area contributed by atoms with E-state index in [9.17, 15) is 9.59 Å². The highest BCUT2D eigenvalue weighted by atomic mass is 79.9. The van der Waals surface area contributed by atoms with E-state index in [1.807, 2.05) is 24.3 Å². The van der Waals surface area contributed by atoms with Gasteiger partial charge in [-0.05, 0) is 54.1 Å². The third-order valence-electron chi connectivity index (χ3n) is 3.48. The highest BCUT2D eigenvalue weighted by Crippen LogP contribution is 2.17. The molecule has 136 valence electrons. The monoisotopic (exact) mass is 444 g/mol. The van der Waals surface area contributed by atoms with Crippen LogP contribution in [-0.4, -0.2) is 11.8 Å². The van der Waals surface area contributed by atoms with E-state index in [-0.39, 0.29) is 11.5 Å². The number of carbonyl (C=O) groups is 2. The highest BCUT2D eigenvalue weighted by Gasteiger charge is 2.16. The van der Waals surface area contributed by atoms with Crippen LogP contribution < -0.4 is 10.6 Å². The summed E-state index contributed by atoms with van der Waals surface area (Å²) in [5.74, 6) is -0.912. The molecule has 0 saturated heterocycles. The van der Waals surface area contributed by atoms with Crippen molar-refractivity contribution in [1.82, 2.24) is 5.32 Å². The van der Waals surface area contributed by atoms with Gasteiger partial charge >= 0.3 is 0 Å². The standard InChI is InChI=1S/C20H14BrClN2O3/c21-14-5-1-4-13(10-14)11-17(24-20(26)18-8-3-9-27-18)19(25)23-16-7-2-6-15(22)12-16/h1-12H,(H,23,25)(H,24,26). The first-order valence-electron chi connectivity index (χ1n) is 7.90. The molecule has 0 fully saturated rings. The van der Waals surface area contributed by atoms with Crippen molar-refractivity contribution < 1.29 is 14.0 Å². The van der Waals surface area contributed by atoms with Crippen LogP contribution in [0.2, 0.25) is 5.02 Å². The van der Waals surface area contributed by atoms with Gasteiger partial charge in [-0.2, -0.15) is 0 Å². The van der Waals surface area contributed by atoms with Crippen molar-refractivity contribution in [3.8, 4) is 0 Å². The largest absolute Gasteiger partial charge is 0.459 e. The van der Waals surface area contributed by atoms with Gasteiger partial charge in [-0.25, -0.2) is 0 Å². The minimum Gasteiger partial charge on any atom is -0.459 e. The lowest BCUT2D eigenvalue weighted by molar-refractivity contribution is -0.113. The molecule has 2 amide bonds. The maximum atomic E-state index is 12.7. The molecule has 2 aromatic carbocycles. The third kappa shape index (κ3) is 5.32. The minimum absolute atomic E-state index is 0.0643. The quantitative estimate of drug-likeness (QED) is 0.536. The Bertz CT molecular complexity index is 1000. The molecule has 1 heterocycles. The number of nitrogens with one attached hydrogen (secondary N) is 2. The first-order chi connectivity index (χ1) is 13.0. The van der Waals surface area contributed by atoms with Gasteiger partial charge in [0.15, 0.2) is 5.76 Å². The van der Waals surface area contributed by atoms with Crippen LogP contribution in [0.5, 0.6) is 0 Å². The number of benzene rings is 2. The molecule has 27 heavy (non-hydrogen) atoms. The van der Waals surface area contributed by atoms with E-state index in [0.717, 1.165) is 10.0 Å². The van der Waals surface area contributed by atoms with Crippen LogP contribution in [0, 0.1) is 0 Å². The number of furan rings is 1. The second kappa shape index (κ2) is 8.70. The number of hydrogen-bond donors (Lipinski definition) is 2. The van der Waals surface area contributed by atoms with E-state index in [1.165, 1.54) is 12.3 Å². The predicted octanol–water partition coefficient (Wildman–Crippen LogP) is 5.11. The topological polar surface area (TPSA) is 71.3 Å². The van der Waals surface area contributed by atoms with E-state index < -0.39 is 11.8 Å². The van der Waals surface area contributed by atoms with Crippen molar-refractivity contribution in [1.29, 1.82) is 0 Å². The summed E-state index contributed by atoms with van der Waals surface area (Å²) in [6.45, 7) is 0. The molecule has 0 saturated carbocycles. The second-order valence-electron chi connectivity index (χ2n) is 5.51. The van der Waals surface area contributed by atoms with Gasteiger partial charge in [0.2, 0.25) is 0 Å². The number of rotatable bonds is 5. The summed E-state index contributed by atoms with van der Waals surface area (Å²) < 4.78 is 5.93. The van der Waals surface area contributed by atoms with Crippen molar-refractivity contribution in [2.45, 2.75) is 0 Å². The van der Waals surface area contributed by atoms with Gasteiger partial charge in [0.05, 0.1) is 6.26 Å². The van der Waals surface area contributed by atoms with Crippen molar-refractivity contribution in [3.63, 3.8) is 0 Å². The Morgan fingerprint density at radius 1 is 1.04 bits per heavy atom. The van der Waals surface area contributed by atoms with Gasteiger partial charge in [0.1, 0.15) is 5.70 Å². The molecule has 0 atom stereocenters. The Morgan fingerprint density at radius 3 is 2.56 bits per heavy atom. The molecule has 1 aromatic heterocycles. The molecule has 5 nitrogen and oxygen atoms in total. The van der Waals surface area contributed by atoms with Gasteiger partial charge < -0.3 is 15.1 Å². The molecule has 7 heteroatoms. The maximum Gasteiger partial charge on any atom is 0.291 e. The van der Waals surface area contributed by atoms with Gasteiger partial charge in [-0.3, -0.25) is 9.59 Å². The predicted molar refractivity (Wildman–Crippen MR) is 108 cm³/mol. The molecule has 0 unspecified atom stereocenters. The smallest absolute Gasteiger partial charge is 0.291 e. The molecule has 0 aliphatic carbocycles. The van der Waals surface area contributed by atoms with E-state index in [1.54, 1.807) is 36.4 Å². The van der Waals surface area contributed by atoms with Crippen LogP contribution in [0.15, 0.2) is 81.5 Å². The number of amides is 2. The maximum absolute atomic E-state index is 12.7. The molecule has 0 bridgehead atoms. The van der Waals surface area contributed by atoms with Crippen LogP contribution in [0.4, 0.5) is 5.69 Å². The summed E-state index contributed by atoms with van der Waals surface area (Å²) >= 11 is 9.34. The number of halogens is 2. The van der Waals surface area contributed by atoms with Gasteiger partial charge in [-0.15, -0.1) is 0 Å². The van der Waals surface area contributed by atoms with Crippen molar-refractivity contribution in [2.24, 2.45) is 0 Å². The van der Waals surface area contributed by atoms with Crippen molar-refractivity contribution in [3.05, 3.63) is 93.4 Å². The molecule has 3 rings (SSSR count). The molecule has 0 spiro atoms. The molecular weight excluding hydrogens is 432 g/mol. The van der Waals surface area contributed by atoms with Crippen LogP contribution in [-0.2, 0) is 4.79 Å². The lowest BCUT2D eigenvalue weighted by Gasteiger charge is -2.11. The average Bonchev–Trinajstić information content (AvgIpc) is 3.16. The first-order valence-corrected chi connectivity index (χ1v) is 9.07. The zero-order chi connectivity index (χ0) is 19.2. The lowest BCUT2D eigenvalue weighted by Crippen LogP contribution is -2.30. The number of anilines is 1. The summed E-state index contributed by atoms with van der Waals surface area (Å²) in [5, 5.41) is 5.80. The summed E-state index contributed by atoms with van der Waals surface area (Å²) in [6, 6.07) is 17.2. The Hall–Kier alpha value is -2.83. The van der Waals surface area contributed by atoms with Gasteiger partial charge in [-0.1, -0.05) is 45.7 Å². The molecule has 3 aromatic rings. The van der Waals surface area contributed by atoms with Crippen molar-refractivity contribution >= 4 is 51.1 Å². The van der Waals surface area contributed by atoms with E-state index >= 15 is 0 Å².